The molecule has 0 N–H and O–H groups in total. The Kier molecular flexibility index (Phi) is 2.17. The van der Waals surface area contributed by atoms with E-state index < -0.39 is 10.9 Å². The third kappa shape index (κ3) is 1.69. The second-order valence-electron chi connectivity index (χ2n) is 2.95. The first kappa shape index (κ1) is 9.32. The number of carbonyl (C=O) groups excluding carboxylic acids is 1. The average Bonchev–Trinajstić information content (AvgIpc) is 2.65. The molecule has 0 aromatic heterocycles. The van der Waals surface area contributed by atoms with Crippen molar-refractivity contribution >= 4 is 17.4 Å². The van der Waals surface area contributed by atoms with Gasteiger partial charge in [-0.1, -0.05) is 17.3 Å². The molecule has 0 radical (unpaired) electrons. The minimum atomic E-state index is -0.513. The number of nitrogens with zero attached hydrogens (tertiary/aromatic N) is 2. The van der Waals surface area contributed by atoms with Crippen LogP contribution in [0.25, 0.3) is 0 Å². The first-order valence-electron chi connectivity index (χ1n) is 4.19. The van der Waals surface area contributed by atoms with Crippen LogP contribution in [0.5, 0.6) is 0 Å². The Balaban J connectivity index is 2.44. The number of hydrogen-bond donors (Lipinski definition) is 0. The Morgan fingerprint density at radius 1 is 1.40 bits per heavy atom. The summed E-state index contributed by atoms with van der Waals surface area (Å²) >= 11 is 0. The van der Waals surface area contributed by atoms with Gasteiger partial charge in [-0.3, -0.25) is 10.1 Å². The lowest BCUT2D eigenvalue weighted by Crippen LogP contribution is -2.04. The van der Waals surface area contributed by atoms with Gasteiger partial charge in [0.15, 0.2) is 0 Å². The highest BCUT2D eigenvalue weighted by atomic mass is 16.7. The van der Waals surface area contributed by atoms with Crippen LogP contribution >= 0.6 is 0 Å². The van der Waals surface area contributed by atoms with Gasteiger partial charge in [-0.2, -0.15) is 0 Å². The molecule has 76 valence electrons. The zero-order chi connectivity index (χ0) is 10.8. The van der Waals surface area contributed by atoms with Crippen LogP contribution in [-0.2, 0) is 9.63 Å². The number of nitro groups is 1. The lowest BCUT2D eigenvalue weighted by atomic mass is 10.1. The molecule has 1 heterocycles. The topological polar surface area (TPSA) is 81.8 Å². The van der Waals surface area contributed by atoms with E-state index in [1.54, 1.807) is 18.2 Å². The normalized spacial score (nSPS) is 14.7. The van der Waals surface area contributed by atoms with E-state index in [0.29, 0.717) is 11.3 Å². The van der Waals surface area contributed by atoms with Gasteiger partial charge in [0.1, 0.15) is 5.71 Å². The van der Waals surface area contributed by atoms with E-state index in [4.69, 9.17) is 0 Å². The second kappa shape index (κ2) is 3.49. The standard InChI is InChI=1S/C9H6N2O4/c12-9-5-7(10-15-9)6-3-1-2-4-8(6)11(13)14/h1-4H,5H2. The maximum absolute atomic E-state index is 10.8. The summed E-state index contributed by atoms with van der Waals surface area (Å²) in [6.07, 6.45) is -0.0230. The van der Waals surface area contributed by atoms with Crippen LogP contribution < -0.4 is 0 Å². The Bertz CT molecular complexity index is 467. The first-order chi connectivity index (χ1) is 7.18. The lowest BCUT2D eigenvalue weighted by Gasteiger charge is -1.98. The van der Waals surface area contributed by atoms with Gasteiger partial charge < -0.3 is 4.84 Å². The fraction of sp³-hybridized carbons (Fsp3) is 0.111. The fourth-order valence-electron chi connectivity index (χ4n) is 1.33. The number of rotatable bonds is 2. The zero-order valence-corrected chi connectivity index (χ0v) is 7.54. The van der Waals surface area contributed by atoms with E-state index in [1.165, 1.54) is 6.07 Å². The molecule has 6 heteroatoms. The van der Waals surface area contributed by atoms with E-state index >= 15 is 0 Å². The first-order valence-corrected chi connectivity index (χ1v) is 4.19. The van der Waals surface area contributed by atoms with Crippen LogP contribution in [0.3, 0.4) is 0 Å². The number of benzene rings is 1. The maximum Gasteiger partial charge on any atom is 0.341 e. The van der Waals surface area contributed by atoms with E-state index in [0.717, 1.165) is 0 Å². The summed E-state index contributed by atoms with van der Waals surface area (Å²) in [5, 5.41) is 14.2. The molecule has 0 unspecified atom stereocenters. The predicted molar refractivity (Wildman–Crippen MR) is 50.3 cm³/mol. The van der Waals surface area contributed by atoms with Crippen LogP contribution in [0.1, 0.15) is 12.0 Å². The molecule has 0 aliphatic carbocycles. The Hall–Kier alpha value is -2.24. The van der Waals surface area contributed by atoms with Gasteiger partial charge in [0.25, 0.3) is 5.69 Å². The molecule has 15 heavy (non-hydrogen) atoms. The molecular weight excluding hydrogens is 200 g/mol. The molecular formula is C9H6N2O4. The molecule has 1 aromatic carbocycles. The predicted octanol–water partition coefficient (Wildman–Crippen LogP) is 1.25. The highest BCUT2D eigenvalue weighted by Gasteiger charge is 2.25. The molecule has 2 rings (SSSR count). The van der Waals surface area contributed by atoms with Gasteiger partial charge in [0.2, 0.25) is 0 Å². The highest BCUT2D eigenvalue weighted by Crippen LogP contribution is 2.22. The average molecular weight is 206 g/mol. The number of carbonyl (C=O) groups is 1. The maximum atomic E-state index is 10.8. The Labute approximate surface area is 84.3 Å². The van der Waals surface area contributed by atoms with Crippen molar-refractivity contribution in [2.45, 2.75) is 6.42 Å². The zero-order valence-electron chi connectivity index (χ0n) is 7.54. The monoisotopic (exact) mass is 206 g/mol. The van der Waals surface area contributed by atoms with E-state index in [2.05, 4.69) is 9.99 Å². The summed E-state index contributed by atoms with van der Waals surface area (Å²) in [5.74, 6) is -0.497. The van der Waals surface area contributed by atoms with Gasteiger partial charge in [-0.25, -0.2) is 4.79 Å². The molecule has 0 bridgehead atoms. The van der Waals surface area contributed by atoms with E-state index in [1.807, 2.05) is 0 Å². The van der Waals surface area contributed by atoms with Crippen LogP contribution in [0.15, 0.2) is 29.4 Å². The lowest BCUT2D eigenvalue weighted by molar-refractivity contribution is -0.385. The number of para-hydroxylation sites is 1. The molecule has 0 amide bonds. The van der Waals surface area contributed by atoms with Crippen LogP contribution in [0.2, 0.25) is 0 Å². The van der Waals surface area contributed by atoms with E-state index in [-0.39, 0.29) is 12.1 Å². The smallest absolute Gasteiger partial charge is 0.318 e. The van der Waals surface area contributed by atoms with Crippen molar-refractivity contribution < 1.29 is 14.6 Å². The van der Waals surface area contributed by atoms with Crippen molar-refractivity contribution in [2.24, 2.45) is 5.16 Å². The minimum absolute atomic E-state index is 0.0230. The third-order valence-electron chi connectivity index (χ3n) is 1.98. The minimum Gasteiger partial charge on any atom is -0.318 e. The van der Waals surface area contributed by atoms with Crippen molar-refractivity contribution in [3.05, 3.63) is 39.9 Å². The van der Waals surface area contributed by atoms with Crippen LogP contribution in [0.4, 0.5) is 5.69 Å². The Morgan fingerprint density at radius 3 is 2.73 bits per heavy atom. The van der Waals surface area contributed by atoms with Crippen molar-refractivity contribution in [3.63, 3.8) is 0 Å². The molecule has 0 saturated heterocycles. The molecule has 0 fully saturated rings. The SMILES string of the molecule is O=C1CC(c2ccccc2[N+](=O)[O-])=NO1. The number of hydrogen-bond acceptors (Lipinski definition) is 5. The molecule has 1 aromatic rings. The molecule has 1 aliphatic heterocycles. The quantitative estimate of drug-likeness (QED) is 0.414. The van der Waals surface area contributed by atoms with Crippen molar-refractivity contribution in [1.29, 1.82) is 0 Å². The molecule has 0 atom stereocenters. The molecule has 0 saturated carbocycles. The summed E-state index contributed by atoms with van der Waals surface area (Å²) in [4.78, 5) is 25.4. The summed E-state index contributed by atoms with van der Waals surface area (Å²) in [7, 11) is 0. The molecule has 6 nitrogen and oxygen atoms in total. The van der Waals surface area contributed by atoms with Gasteiger partial charge in [-0.05, 0) is 6.07 Å². The third-order valence-corrected chi connectivity index (χ3v) is 1.98. The van der Waals surface area contributed by atoms with Crippen LogP contribution in [-0.4, -0.2) is 16.6 Å². The number of nitro benzene ring substituents is 1. The van der Waals surface area contributed by atoms with Crippen LogP contribution in [0, 0.1) is 10.1 Å². The van der Waals surface area contributed by atoms with E-state index in [9.17, 15) is 14.9 Å². The second-order valence-corrected chi connectivity index (χ2v) is 2.95. The highest BCUT2D eigenvalue weighted by molar-refractivity contribution is 6.13. The van der Waals surface area contributed by atoms with Gasteiger partial charge in [0, 0.05) is 6.07 Å². The summed E-state index contributed by atoms with van der Waals surface area (Å²) in [6, 6.07) is 6.10. The summed E-state index contributed by atoms with van der Waals surface area (Å²) < 4.78 is 0. The van der Waals surface area contributed by atoms with Crippen molar-refractivity contribution in [2.75, 3.05) is 0 Å². The van der Waals surface area contributed by atoms with Gasteiger partial charge >= 0.3 is 5.97 Å². The largest absolute Gasteiger partial charge is 0.341 e. The van der Waals surface area contributed by atoms with Gasteiger partial charge in [0.05, 0.1) is 16.9 Å². The summed E-state index contributed by atoms with van der Waals surface area (Å²) in [6.45, 7) is 0. The molecule has 1 aliphatic rings. The Morgan fingerprint density at radius 2 is 2.13 bits per heavy atom. The van der Waals surface area contributed by atoms with Crippen molar-refractivity contribution in [3.8, 4) is 0 Å². The molecule has 0 spiro atoms. The number of oxime groups is 1. The fourth-order valence-corrected chi connectivity index (χ4v) is 1.33. The van der Waals surface area contributed by atoms with Gasteiger partial charge in [-0.15, -0.1) is 0 Å². The van der Waals surface area contributed by atoms with Crippen molar-refractivity contribution in [1.82, 2.24) is 0 Å². The summed E-state index contributed by atoms with van der Waals surface area (Å²) in [5.41, 5.74) is 0.551.